The number of halogens is 1. The largest absolute Gasteiger partial charge is 0.490 e. The predicted octanol–water partition coefficient (Wildman–Crippen LogP) is 6.80. The van der Waals surface area contributed by atoms with E-state index in [2.05, 4.69) is 22.5 Å². The Labute approximate surface area is 205 Å². The number of benzene rings is 3. The quantitative estimate of drug-likeness (QED) is 0.240. The van der Waals surface area contributed by atoms with Gasteiger partial charge in [0, 0.05) is 0 Å². The van der Waals surface area contributed by atoms with Gasteiger partial charge in [-0.25, -0.2) is 0 Å². The number of fused-ring (bicyclic) bond motifs is 1. The highest BCUT2D eigenvalue weighted by molar-refractivity contribution is 9.10. The van der Waals surface area contributed by atoms with Crippen molar-refractivity contribution in [1.29, 1.82) is 0 Å². The minimum Gasteiger partial charge on any atom is -0.490 e. The lowest BCUT2D eigenvalue weighted by Gasteiger charge is -2.14. The smallest absolute Gasteiger partial charge is 0.293 e. The molecule has 1 saturated heterocycles. The first-order valence-electron chi connectivity index (χ1n) is 10.4. The van der Waals surface area contributed by atoms with Crippen LogP contribution in [0.4, 0.5) is 4.79 Å². The average Bonchev–Trinajstić information content (AvgIpc) is 3.06. The third kappa shape index (κ3) is 5.15. The van der Waals surface area contributed by atoms with Crippen LogP contribution in [0.5, 0.6) is 11.5 Å². The molecule has 1 heterocycles. The van der Waals surface area contributed by atoms with E-state index in [0.717, 1.165) is 33.7 Å². The molecular formula is C26H22BrNO4S. The zero-order chi connectivity index (χ0) is 23.4. The van der Waals surface area contributed by atoms with Crippen LogP contribution in [0.1, 0.15) is 18.1 Å². The third-order valence-electron chi connectivity index (χ3n) is 5.00. The molecule has 0 bridgehead atoms. The molecule has 0 spiro atoms. The van der Waals surface area contributed by atoms with Crippen molar-refractivity contribution in [3.8, 4) is 11.5 Å². The standard InChI is InChI=1S/C26H22BrNO4S/c1-3-11-32-24-21(27)13-18(14-22(24)31-4-2)15-23-25(29)28(26(30)33-23)16-17-9-10-19-7-5-6-8-20(19)12-17/h3,5-10,12-15H,1,4,11,16H2,2H3/b23-15-. The highest BCUT2D eigenvalue weighted by Crippen LogP contribution is 2.39. The zero-order valence-electron chi connectivity index (χ0n) is 18.0. The normalized spacial score (nSPS) is 14.8. The molecule has 168 valence electrons. The second kappa shape index (κ2) is 10.3. The van der Waals surface area contributed by atoms with Gasteiger partial charge < -0.3 is 9.47 Å². The summed E-state index contributed by atoms with van der Waals surface area (Å²) in [5.74, 6) is 0.813. The van der Waals surface area contributed by atoms with E-state index >= 15 is 0 Å². The SMILES string of the molecule is C=CCOc1c(Br)cc(/C=C2\SC(=O)N(Cc3ccc4ccccc4c3)C2=O)cc1OCC. The summed E-state index contributed by atoms with van der Waals surface area (Å²) in [7, 11) is 0. The van der Waals surface area contributed by atoms with Crippen molar-refractivity contribution in [3.05, 3.63) is 87.8 Å². The number of carbonyl (C=O) groups is 2. The van der Waals surface area contributed by atoms with Crippen molar-refractivity contribution < 1.29 is 19.1 Å². The molecule has 1 fully saturated rings. The summed E-state index contributed by atoms with van der Waals surface area (Å²) < 4.78 is 12.1. The van der Waals surface area contributed by atoms with Crippen molar-refractivity contribution >= 4 is 55.7 Å². The molecule has 0 N–H and O–H groups in total. The van der Waals surface area contributed by atoms with E-state index in [1.54, 1.807) is 18.2 Å². The van der Waals surface area contributed by atoms with Gasteiger partial charge in [0.1, 0.15) is 6.61 Å². The molecule has 1 aliphatic heterocycles. The number of nitrogens with zero attached hydrogens (tertiary/aromatic N) is 1. The van der Waals surface area contributed by atoms with Crippen LogP contribution in [0.25, 0.3) is 16.8 Å². The molecular weight excluding hydrogens is 502 g/mol. The molecule has 3 aromatic rings. The van der Waals surface area contributed by atoms with Crippen LogP contribution < -0.4 is 9.47 Å². The molecule has 0 unspecified atom stereocenters. The van der Waals surface area contributed by atoms with Gasteiger partial charge in [-0.1, -0.05) is 49.1 Å². The van der Waals surface area contributed by atoms with Gasteiger partial charge in [-0.05, 0) is 80.8 Å². The molecule has 0 atom stereocenters. The molecule has 3 aromatic carbocycles. The van der Waals surface area contributed by atoms with Gasteiger partial charge in [0.25, 0.3) is 11.1 Å². The average molecular weight is 524 g/mol. The number of hydrogen-bond acceptors (Lipinski definition) is 5. The molecule has 1 aliphatic rings. The number of hydrogen-bond donors (Lipinski definition) is 0. The van der Waals surface area contributed by atoms with Gasteiger partial charge in [-0.2, -0.15) is 0 Å². The Bertz CT molecular complexity index is 1270. The molecule has 7 heteroatoms. The lowest BCUT2D eigenvalue weighted by atomic mass is 10.1. The predicted molar refractivity (Wildman–Crippen MR) is 136 cm³/mol. The van der Waals surface area contributed by atoms with Gasteiger partial charge in [0.05, 0.1) is 22.5 Å². The molecule has 4 rings (SSSR count). The van der Waals surface area contributed by atoms with Gasteiger partial charge in [0.15, 0.2) is 11.5 Å². The number of rotatable bonds is 8. The van der Waals surface area contributed by atoms with Crippen LogP contribution in [0.3, 0.4) is 0 Å². The van der Waals surface area contributed by atoms with E-state index < -0.39 is 0 Å². The van der Waals surface area contributed by atoms with Crippen LogP contribution in [0.2, 0.25) is 0 Å². The first-order chi connectivity index (χ1) is 16.0. The summed E-state index contributed by atoms with van der Waals surface area (Å²) in [6.45, 7) is 6.58. The Morgan fingerprint density at radius 3 is 2.61 bits per heavy atom. The third-order valence-corrected chi connectivity index (χ3v) is 6.50. The zero-order valence-corrected chi connectivity index (χ0v) is 20.4. The van der Waals surface area contributed by atoms with Crippen LogP contribution in [0, 0.1) is 0 Å². The van der Waals surface area contributed by atoms with Crippen molar-refractivity contribution in [2.75, 3.05) is 13.2 Å². The van der Waals surface area contributed by atoms with Crippen LogP contribution in [-0.2, 0) is 11.3 Å². The molecule has 0 aromatic heterocycles. The second-order valence-electron chi connectivity index (χ2n) is 7.31. The highest BCUT2D eigenvalue weighted by atomic mass is 79.9. The van der Waals surface area contributed by atoms with E-state index in [9.17, 15) is 9.59 Å². The van der Waals surface area contributed by atoms with Crippen LogP contribution >= 0.6 is 27.7 Å². The number of thioether (sulfide) groups is 1. The fourth-order valence-corrected chi connectivity index (χ4v) is 4.94. The minimum atomic E-state index is -0.306. The first kappa shape index (κ1) is 23.1. The summed E-state index contributed by atoms with van der Waals surface area (Å²) >= 11 is 4.45. The molecule has 0 aliphatic carbocycles. The van der Waals surface area contributed by atoms with E-state index in [1.807, 2.05) is 55.5 Å². The Morgan fingerprint density at radius 2 is 1.85 bits per heavy atom. The Hall–Kier alpha value is -3.03. The van der Waals surface area contributed by atoms with Crippen LogP contribution in [-0.4, -0.2) is 29.3 Å². The van der Waals surface area contributed by atoms with Gasteiger partial charge in [0.2, 0.25) is 0 Å². The summed E-state index contributed by atoms with van der Waals surface area (Å²) in [6, 6.07) is 17.6. The Kier molecular flexibility index (Phi) is 7.20. The van der Waals surface area contributed by atoms with E-state index in [1.165, 1.54) is 4.90 Å². The monoisotopic (exact) mass is 523 g/mol. The van der Waals surface area contributed by atoms with Crippen LogP contribution in [0.15, 0.2) is 76.6 Å². The molecule has 0 radical (unpaired) electrons. The molecule has 2 amide bonds. The number of amides is 2. The molecule has 33 heavy (non-hydrogen) atoms. The van der Waals surface area contributed by atoms with Crippen molar-refractivity contribution in [2.45, 2.75) is 13.5 Å². The summed E-state index contributed by atoms with van der Waals surface area (Å²) in [5.41, 5.74) is 1.63. The van der Waals surface area contributed by atoms with E-state index in [0.29, 0.717) is 34.1 Å². The summed E-state index contributed by atoms with van der Waals surface area (Å²) in [5, 5.41) is 1.91. The Morgan fingerprint density at radius 1 is 1.06 bits per heavy atom. The van der Waals surface area contributed by atoms with Crippen molar-refractivity contribution in [1.82, 2.24) is 4.90 Å². The fourth-order valence-electron chi connectivity index (χ4n) is 3.52. The van der Waals surface area contributed by atoms with Crippen molar-refractivity contribution in [3.63, 3.8) is 0 Å². The summed E-state index contributed by atoms with van der Waals surface area (Å²) in [4.78, 5) is 27.3. The summed E-state index contributed by atoms with van der Waals surface area (Å²) in [6.07, 6.45) is 3.36. The topological polar surface area (TPSA) is 55.8 Å². The van der Waals surface area contributed by atoms with E-state index in [-0.39, 0.29) is 17.7 Å². The maximum atomic E-state index is 13.0. The van der Waals surface area contributed by atoms with Crippen molar-refractivity contribution in [2.24, 2.45) is 0 Å². The van der Waals surface area contributed by atoms with Gasteiger partial charge >= 0.3 is 0 Å². The fraction of sp³-hybridized carbons (Fsp3) is 0.154. The molecule has 5 nitrogen and oxygen atoms in total. The van der Waals surface area contributed by atoms with Gasteiger partial charge in [-0.3, -0.25) is 14.5 Å². The minimum absolute atomic E-state index is 0.231. The lowest BCUT2D eigenvalue weighted by Crippen LogP contribution is -2.27. The van der Waals surface area contributed by atoms with Gasteiger partial charge in [-0.15, -0.1) is 0 Å². The lowest BCUT2D eigenvalue weighted by molar-refractivity contribution is -0.123. The second-order valence-corrected chi connectivity index (χ2v) is 9.16. The number of ether oxygens (including phenoxy) is 2. The molecule has 0 saturated carbocycles. The number of carbonyl (C=O) groups excluding carboxylic acids is 2. The highest BCUT2D eigenvalue weighted by Gasteiger charge is 2.35. The maximum absolute atomic E-state index is 13.0. The Balaban J connectivity index is 1.58. The van der Waals surface area contributed by atoms with E-state index in [4.69, 9.17) is 9.47 Å². The first-order valence-corrected chi connectivity index (χ1v) is 12.0. The maximum Gasteiger partial charge on any atom is 0.293 e. The number of imide groups is 1.